The summed E-state index contributed by atoms with van der Waals surface area (Å²) in [5.41, 5.74) is 2.18. The molecule has 150 valence electrons. The predicted molar refractivity (Wildman–Crippen MR) is 116 cm³/mol. The lowest BCUT2D eigenvalue weighted by molar-refractivity contribution is 0.335. The van der Waals surface area contributed by atoms with E-state index in [4.69, 9.17) is 26.1 Å². The van der Waals surface area contributed by atoms with Crippen LogP contribution in [0.3, 0.4) is 0 Å². The largest absolute Gasteiger partial charge is 0.497 e. The molecule has 0 saturated carbocycles. The molecule has 28 heavy (non-hydrogen) atoms. The number of amidine groups is 1. The first-order valence-corrected chi connectivity index (χ1v) is 10.4. The van der Waals surface area contributed by atoms with Crippen molar-refractivity contribution in [3.8, 4) is 11.5 Å². The Morgan fingerprint density at radius 1 is 1.07 bits per heavy atom. The van der Waals surface area contributed by atoms with Gasteiger partial charge in [0, 0.05) is 11.1 Å². The maximum atomic E-state index is 6.09. The second-order valence-electron chi connectivity index (χ2n) is 7.01. The standard InChI is InChI=1S/C23H29ClN2O2/c1-4-6-7-8-20-22(16-9-11-17(24)12-10-16)26-23(25-20)19-14-13-18(27-3)15-21(19)28-5-2/h9-15,20,22H,4-8H2,1-3H3,(H,25,26)/t20-,22+/m1/s1. The summed E-state index contributed by atoms with van der Waals surface area (Å²) in [5, 5.41) is 4.39. The van der Waals surface area contributed by atoms with Crippen LogP contribution in [0.1, 0.15) is 56.7 Å². The predicted octanol–water partition coefficient (Wildman–Crippen LogP) is 5.79. The molecular weight excluding hydrogens is 372 g/mol. The van der Waals surface area contributed by atoms with Crippen molar-refractivity contribution in [2.24, 2.45) is 4.99 Å². The Balaban J connectivity index is 1.90. The van der Waals surface area contributed by atoms with E-state index < -0.39 is 0 Å². The number of benzene rings is 2. The molecule has 0 aromatic heterocycles. The van der Waals surface area contributed by atoms with E-state index in [1.165, 1.54) is 24.8 Å². The first-order chi connectivity index (χ1) is 13.7. The average Bonchev–Trinajstić information content (AvgIpc) is 3.13. The van der Waals surface area contributed by atoms with Crippen molar-refractivity contribution in [1.82, 2.24) is 5.32 Å². The van der Waals surface area contributed by atoms with Crippen LogP contribution in [-0.4, -0.2) is 25.6 Å². The fourth-order valence-electron chi connectivity index (χ4n) is 3.58. The first-order valence-electron chi connectivity index (χ1n) is 10.1. The number of aliphatic imine (C=N–C) groups is 1. The smallest absolute Gasteiger partial charge is 0.133 e. The van der Waals surface area contributed by atoms with Crippen LogP contribution in [0, 0.1) is 0 Å². The molecule has 1 aliphatic heterocycles. The molecule has 4 nitrogen and oxygen atoms in total. The molecule has 1 N–H and O–H groups in total. The Bertz CT molecular complexity index is 805. The van der Waals surface area contributed by atoms with Crippen molar-refractivity contribution in [2.75, 3.05) is 13.7 Å². The molecule has 2 atom stereocenters. The van der Waals surface area contributed by atoms with E-state index in [0.29, 0.717) is 6.61 Å². The van der Waals surface area contributed by atoms with Gasteiger partial charge in [-0.1, -0.05) is 49.9 Å². The Morgan fingerprint density at radius 3 is 2.54 bits per heavy atom. The minimum absolute atomic E-state index is 0.140. The number of nitrogens with zero attached hydrogens (tertiary/aromatic N) is 1. The number of nitrogens with one attached hydrogen (secondary N) is 1. The number of methoxy groups -OCH3 is 1. The molecule has 0 radical (unpaired) electrons. The van der Waals surface area contributed by atoms with E-state index in [1.807, 2.05) is 37.3 Å². The fourth-order valence-corrected chi connectivity index (χ4v) is 3.70. The van der Waals surface area contributed by atoms with Gasteiger partial charge in [-0.25, -0.2) is 0 Å². The average molecular weight is 401 g/mol. The third kappa shape index (κ3) is 4.79. The van der Waals surface area contributed by atoms with Gasteiger partial charge >= 0.3 is 0 Å². The highest BCUT2D eigenvalue weighted by molar-refractivity contribution is 6.30. The van der Waals surface area contributed by atoms with Gasteiger partial charge in [-0.05, 0) is 43.2 Å². The van der Waals surface area contributed by atoms with Crippen LogP contribution < -0.4 is 14.8 Å². The van der Waals surface area contributed by atoms with Crippen LogP contribution in [0.25, 0.3) is 0 Å². The molecule has 2 aromatic rings. The van der Waals surface area contributed by atoms with Crippen LogP contribution in [0.15, 0.2) is 47.5 Å². The third-order valence-corrected chi connectivity index (χ3v) is 5.30. The van der Waals surface area contributed by atoms with Gasteiger partial charge in [0.15, 0.2) is 0 Å². The van der Waals surface area contributed by atoms with Crippen molar-refractivity contribution < 1.29 is 9.47 Å². The summed E-state index contributed by atoms with van der Waals surface area (Å²) in [6.45, 7) is 4.80. The number of ether oxygens (including phenoxy) is 2. The lowest BCUT2D eigenvalue weighted by atomic mass is 9.96. The summed E-state index contributed by atoms with van der Waals surface area (Å²) in [6, 6.07) is 14.3. The summed E-state index contributed by atoms with van der Waals surface area (Å²) in [4.78, 5) is 5.06. The Kier molecular flexibility index (Phi) is 7.21. The van der Waals surface area contributed by atoms with E-state index in [2.05, 4.69) is 24.4 Å². The van der Waals surface area contributed by atoms with Gasteiger partial charge in [0.05, 0.1) is 31.4 Å². The van der Waals surface area contributed by atoms with Crippen molar-refractivity contribution in [1.29, 1.82) is 0 Å². The summed E-state index contributed by atoms with van der Waals surface area (Å²) in [7, 11) is 1.66. The molecule has 1 heterocycles. The highest BCUT2D eigenvalue weighted by Gasteiger charge is 2.31. The van der Waals surface area contributed by atoms with Crippen LogP contribution >= 0.6 is 11.6 Å². The van der Waals surface area contributed by atoms with Crippen LogP contribution in [0.5, 0.6) is 11.5 Å². The van der Waals surface area contributed by atoms with Gasteiger partial charge in [0.2, 0.25) is 0 Å². The summed E-state index contributed by atoms with van der Waals surface area (Å²) >= 11 is 6.09. The number of rotatable bonds is 9. The van der Waals surface area contributed by atoms with Crippen molar-refractivity contribution in [3.05, 3.63) is 58.6 Å². The van der Waals surface area contributed by atoms with E-state index >= 15 is 0 Å². The summed E-state index contributed by atoms with van der Waals surface area (Å²) in [5.74, 6) is 2.45. The normalized spacial score (nSPS) is 18.5. The Morgan fingerprint density at radius 2 is 1.86 bits per heavy atom. The molecule has 5 heteroatoms. The zero-order valence-electron chi connectivity index (χ0n) is 16.9. The van der Waals surface area contributed by atoms with Gasteiger partial charge < -0.3 is 14.8 Å². The number of hydrogen-bond donors (Lipinski definition) is 1. The van der Waals surface area contributed by atoms with E-state index in [1.54, 1.807) is 7.11 Å². The molecule has 0 fully saturated rings. The fraction of sp³-hybridized carbons (Fsp3) is 0.435. The zero-order valence-corrected chi connectivity index (χ0v) is 17.6. The molecule has 2 aromatic carbocycles. The number of halogens is 1. The molecule has 0 bridgehead atoms. The zero-order chi connectivity index (χ0) is 19.9. The topological polar surface area (TPSA) is 42.9 Å². The van der Waals surface area contributed by atoms with E-state index in [9.17, 15) is 0 Å². The van der Waals surface area contributed by atoms with Crippen molar-refractivity contribution in [3.63, 3.8) is 0 Å². The van der Waals surface area contributed by atoms with E-state index in [0.717, 1.165) is 34.3 Å². The minimum Gasteiger partial charge on any atom is -0.497 e. The molecule has 0 spiro atoms. The molecule has 0 saturated heterocycles. The SMILES string of the molecule is CCCCC[C@H]1N=C(c2ccc(OC)cc2OCC)N[C@H]1c1ccc(Cl)cc1. The summed E-state index contributed by atoms with van der Waals surface area (Å²) in [6.07, 6.45) is 4.65. The van der Waals surface area contributed by atoms with E-state index in [-0.39, 0.29) is 12.1 Å². The quantitative estimate of drug-likeness (QED) is 0.542. The van der Waals surface area contributed by atoms with Crippen LogP contribution in [0.4, 0.5) is 0 Å². The number of unbranched alkanes of at least 4 members (excludes halogenated alkanes) is 2. The lowest BCUT2D eigenvalue weighted by Gasteiger charge is -2.20. The molecule has 0 aliphatic carbocycles. The van der Waals surface area contributed by atoms with Gasteiger partial charge in [-0.15, -0.1) is 0 Å². The summed E-state index contributed by atoms with van der Waals surface area (Å²) < 4.78 is 11.2. The highest BCUT2D eigenvalue weighted by Crippen LogP contribution is 2.33. The Labute approximate surface area is 172 Å². The van der Waals surface area contributed by atoms with Gasteiger partial charge in [-0.2, -0.15) is 0 Å². The second kappa shape index (κ2) is 9.83. The second-order valence-corrected chi connectivity index (χ2v) is 7.45. The number of hydrogen-bond acceptors (Lipinski definition) is 4. The third-order valence-electron chi connectivity index (χ3n) is 5.05. The van der Waals surface area contributed by atoms with Gasteiger partial charge in [0.1, 0.15) is 17.3 Å². The molecule has 1 aliphatic rings. The molecule has 3 rings (SSSR count). The van der Waals surface area contributed by atoms with Gasteiger partial charge in [0.25, 0.3) is 0 Å². The maximum absolute atomic E-state index is 6.09. The molecule has 0 amide bonds. The lowest BCUT2D eigenvalue weighted by Crippen LogP contribution is -2.27. The molecular formula is C23H29ClN2O2. The monoisotopic (exact) mass is 400 g/mol. The maximum Gasteiger partial charge on any atom is 0.133 e. The minimum atomic E-state index is 0.140. The molecule has 0 unspecified atom stereocenters. The van der Waals surface area contributed by atoms with Crippen molar-refractivity contribution in [2.45, 2.75) is 51.6 Å². The Hall–Kier alpha value is -2.20. The van der Waals surface area contributed by atoms with Crippen LogP contribution in [0.2, 0.25) is 5.02 Å². The van der Waals surface area contributed by atoms with Crippen molar-refractivity contribution >= 4 is 17.4 Å². The van der Waals surface area contributed by atoms with Gasteiger partial charge in [-0.3, -0.25) is 4.99 Å². The highest BCUT2D eigenvalue weighted by atomic mass is 35.5. The first kappa shape index (κ1) is 20.5. The van der Waals surface area contributed by atoms with Crippen LogP contribution in [-0.2, 0) is 0 Å².